The summed E-state index contributed by atoms with van der Waals surface area (Å²) in [6.07, 6.45) is 0.257. The van der Waals surface area contributed by atoms with Crippen molar-refractivity contribution in [2.75, 3.05) is 6.54 Å². The molecule has 16 heteroatoms. The largest absolute Gasteiger partial charge is 0.480 e. The van der Waals surface area contributed by atoms with E-state index in [4.69, 9.17) is 36.3 Å². The summed E-state index contributed by atoms with van der Waals surface area (Å²) >= 11 is 6.67. The van der Waals surface area contributed by atoms with Gasteiger partial charge in [-0.25, -0.2) is 27.0 Å². The lowest BCUT2D eigenvalue weighted by molar-refractivity contribution is -0.108. The van der Waals surface area contributed by atoms with Crippen molar-refractivity contribution < 1.29 is 46.1 Å². The number of hydrogen-bond acceptors (Lipinski definition) is 8. The molecule has 3 aromatic carbocycles. The quantitative estimate of drug-likeness (QED) is 0.178. The second kappa shape index (κ2) is 12.4. The SMILES string of the molecule is CC(C)(C)OC(=O)N1CCC[C@H]1[C@@]1(c2ccccc2)Cc2c(cc(F)c(Cl)c2-c2c(C(N)=O)cc3c(c2F)Oc2c(cnn(C4CC(F)(F)C4)c2=O)O3)O1. The molecule has 2 fully saturated rings. The third kappa shape index (κ3) is 5.71. The van der Waals surface area contributed by atoms with Gasteiger partial charge in [0.1, 0.15) is 17.2 Å². The fourth-order valence-electron chi connectivity index (χ4n) is 7.82. The zero-order valence-corrected chi connectivity index (χ0v) is 29.9. The molecule has 1 aromatic heterocycles. The number of likely N-dealkylation sites (tertiary alicyclic amines) is 1. The van der Waals surface area contributed by atoms with Crippen molar-refractivity contribution >= 4 is 23.6 Å². The van der Waals surface area contributed by atoms with Gasteiger partial charge in [0.25, 0.3) is 5.92 Å². The van der Waals surface area contributed by atoms with Crippen LogP contribution in [0.4, 0.5) is 22.4 Å². The summed E-state index contributed by atoms with van der Waals surface area (Å²) < 4.78 is 85.1. The van der Waals surface area contributed by atoms with Crippen LogP contribution in [0.3, 0.4) is 0 Å². The van der Waals surface area contributed by atoms with E-state index in [1.807, 2.05) is 0 Å². The molecule has 282 valence electrons. The first-order valence-electron chi connectivity index (χ1n) is 17.2. The molecule has 2 atom stereocenters. The Balaban J connectivity index is 1.27. The van der Waals surface area contributed by atoms with Crippen LogP contribution in [-0.4, -0.2) is 50.8 Å². The van der Waals surface area contributed by atoms with E-state index in [-0.39, 0.29) is 34.8 Å². The minimum absolute atomic E-state index is 0.0203. The smallest absolute Gasteiger partial charge is 0.410 e. The first kappa shape index (κ1) is 35.7. The van der Waals surface area contributed by atoms with Crippen molar-refractivity contribution in [3.05, 3.63) is 92.4 Å². The predicted molar refractivity (Wildman–Crippen MR) is 186 cm³/mol. The number of rotatable bonds is 5. The van der Waals surface area contributed by atoms with Crippen molar-refractivity contribution in [3.63, 3.8) is 0 Å². The Morgan fingerprint density at radius 1 is 1.02 bits per heavy atom. The number of halogens is 5. The minimum Gasteiger partial charge on any atom is -0.480 e. The molecule has 11 nitrogen and oxygen atoms in total. The molecular weight excluding hydrogens is 736 g/mol. The van der Waals surface area contributed by atoms with Crippen LogP contribution in [-0.2, 0) is 16.8 Å². The Morgan fingerprint density at radius 3 is 2.41 bits per heavy atom. The van der Waals surface area contributed by atoms with Gasteiger partial charge in [-0.05, 0) is 45.2 Å². The molecule has 4 heterocycles. The summed E-state index contributed by atoms with van der Waals surface area (Å²) in [4.78, 5) is 41.6. The van der Waals surface area contributed by atoms with Crippen LogP contribution in [0.1, 0.15) is 74.0 Å². The molecule has 8 rings (SSSR count). The van der Waals surface area contributed by atoms with E-state index in [0.717, 1.165) is 23.0 Å². The average molecular weight is 769 g/mol. The van der Waals surface area contributed by atoms with Gasteiger partial charge in [-0.1, -0.05) is 41.9 Å². The summed E-state index contributed by atoms with van der Waals surface area (Å²) in [7, 11) is 0. The molecule has 3 aliphatic heterocycles. The van der Waals surface area contributed by atoms with E-state index in [2.05, 4.69) is 5.10 Å². The van der Waals surface area contributed by atoms with Crippen LogP contribution in [0.5, 0.6) is 28.7 Å². The summed E-state index contributed by atoms with van der Waals surface area (Å²) in [6.45, 7) is 5.60. The molecule has 1 aliphatic carbocycles. The first-order valence-corrected chi connectivity index (χ1v) is 17.6. The van der Waals surface area contributed by atoms with Gasteiger partial charge >= 0.3 is 11.7 Å². The minimum atomic E-state index is -2.96. The maximum Gasteiger partial charge on any atom is 0.410 e. The second-order valence-corrected chi connectivity index (χ2v) is 15.3. The monoisotopic (exact) mass is 768 g/mol. The summed E-state index contributed by atoms with van der Waals surface area (Å²) in [5.74, 6) is -8.20. The number of alkyl halides is 2. The van der Waals surface area contributed by atoms with Gasteiger partial charge in [-0.15, -0.1) is 0 Å². The molecule has 4 aromatic rings. The topological polar surface area (TPSA) is 135 Å². The van der Waals surface area contributed by atoms with Crippen LogP contribution in [0, 0.1) is 11.6 Å². The number of amides is 2. The van der Waals surface area contributed by atoms with Crippen molar-refractivity contribution in [2.45, 2.75) is 82.1 Å². The van der Waals surface area contributed by atoms with Crippen LogP contribution < -0.4 is 25.5 Å². The van der Waals surface area contributed by atoms with Gasteiger partial charge in [0.05, 0.1) is 28.9 Å². The number of carbonyl (C=O) groups excluding carboxylic acids is 2. The number of primary amides is 1. The third-order valence-corrected chi connectivity index (χ3v) is 10.5. The molecule has 1 saturated heterocycles. The highest BCUT2D eigenvalue weighted by Crippen LogP contribution is 2.56. The van der Waals surface area contributed by atoms with Gasteiger partial charge in [0.15, 0.2) is 22.9 Å². The van der Waals surface area contributed by atoms with Crippen LogP contribution in [0.15, 0.2) is 53.5 Å². The Bertz CT molecular complexity index is 2310. The highest BCUT2D eigenvalue weighted by Gasteiger charge is 2.55. The summed E-state index contributed by atoms with van der Waals surface area (Å²) in [6, 6.07) is 9.56. The Kier molecular flexibility index (Phi) is 8.18. The van der Waals surface area contributed by atoms with E-state index in [1.54, 1.807) is 56.0 Å². The number of carbonyl (C=O) groups is 2. The lowest BCUT2D eigenvalue weighted by Gasteiger charge is -2.40. The van der Waals surface area contributed by atoms with Crippen LogP contribution >= 0.6 is 11.6 Å². The Hall–Kier alpha value is -5.31. The highest BCUT2D eigenvalue weighted by atomic mass is 35.5. The number of fused-ring (bicyclic) bond motifs is 3. The van der Waals surface area contributed by atoms with Gasteiger partial charge in [0.2, 0.25) is 17.4 Å². The molecule has 2 N–H and O–H groups in total. The predicted octanol–water partition coefficient (Wildman–Crippen LogP) is 8.04. The van der Waals surface area contributed by atoms with Crippen LogP contribution in [0.2, 0.25) is 5.02 Å². The van der Waals surface area contributed by atoms with Crippen LogP contribution in [0.25, 0.3) is 11.1 Å². The lowest BCUT2D eigenvalue weighted by Crippen LogP contribution is -2.53. The highest BCUT2D eigenvalue weighted by molar-refractivity contribution is 6.34. The van der Waals surface area contributed by atoms with Gasteiger partial charge in [-0.2, -0.15) is 5.10 Å². The maximum absolute atomic E-state index is 17.1. The number of hydrogen-bond donors (Lipinski definition) is 1. The molecular formula is C38H33ClF4N4O7. The number of benzene rings is 3. The van der Waals surface area contributed by atoms with Crippen molar-refractivity contribution in [3.8, 4) is 39.9 Å². The standard InChI is InChI=1S/C38H33ClF4N4O7/c1-36(2,3)54-35(50)46-11-7-10-26(46)38(18-8-5-4-6-9-18)16-21-23(53-38)13-22(40)29(39)27(21)28-20(33(44)48)12-24-31(30(28)41)52-32-25(51-24)17-45-47(34(32)49)19-14-37(42,43)15-19/h4-6,8-9,12-13,17,19,26H,7,10-11,14-16H2,1-3H3,(H2,44,48)/t26-,38-/m0/s1. The van der Waals surface area contributed by atoms with E-state index in [1.165, 1.54) is 0 Å². The molecule has 4 aliphatic rings. The zero-order valence-electron chi connectivity index (χ0n) is 29.2. The molecule has 2 amide bonds. The van der Waals surface area contributed by atoms with Gasteiger partial charge in [0, 0.05) is 48.6 Å². The Morgan fingerprint density at radius 2 is 1.74 bits per heavy atom. The fraction of sp³-hybridized carbons (Fsp3) is 0.368. The van der Waals surface area contributed by atoms with E-state index in [0.29, 0.717) is 24.9 Å². The van der Waals surface area contributed by atoms with E-state index in [9.17, 15) is 23.2 Å². The number of ether oxygens (including phenoxy) is 4. The third-order valence-electron chi connectivity index (χ3n) is 10.2. The second-order valence-electron chi connectivity index (χ2n) is 14.9. The molecule has 0 bridgehead atoms. The normalized spacial score (nSPS) is 21.2. The maximum atomic E-state index is 17.1. The molecule has 54 heavy (non-hydrogen) atoms. The zero-order chi connectivity index (χ0) is 38.5. The molecule has 0 radical (unpaired) electrons. The lowest BCUT2D eigenvalue weighted by atomic mass is 9.79. The number of aromatic nitrogens is 2. The average Bonchev–Trinajstić information content (AvgIpc) is 3.74. The van der Waals surface area contributed by atoms with Gasteiger partial charge in [-0.3, -0.25) is 9.59 Å². The summed E-state index contributed by atoms with van der Waals surface area (Å²) in [5, 5.41) is 3.38. The van der Waals surface area contributed by atoms with Gasteiger partial charge < -0.3 is 29.6 Å². The number of nitrogens with two attached hydrogens (primary N) is 1. The van der Waals surface area contributed by atoms with Crippen molar-refractivity contribution in [2.24, 2.45) is 5.73 Å². The molecule has 0 spiro atoms. The van der Waals surface area contributed by atoms with Crippen molar-refractivity contribution in [1.82, 2.24) is 14.7 Å². The summed E-state index contributed by atoms with van der Waals surface area (Å²) in [5.41, 5.74) is 2.25. The van der Waals surface area contributed by atoms with Crippen molar-refractivity contribution in [1.29, 1.82) is 0 Å². The number of nitrogens with zero attached hydrogens (tertiary/aromatic N) is 3. The fourth-order valence-corrected chi connectivity index (χ4v) is 8.08. The molecule has 1 saturated carbocycles. The Labute approximate surface area is 310 Å². The van der Waals surface area contributed by atoms with E-state index >= 15 is 8.78 Å². The molecule has 0 unspecified atom stereocenters. The first-order chi connectivity index (χ1) is 25.5. The van der Waals surface area contributed by atoms with E-state index < -0.39 is 98.9 Å².